The molecule has 0 bridgehead atoms. The Kier molecular flexibility index (Phi) is 6.59. The van der Waals surface area contributed by atoms with Crippen molar-refractivity contribution in [2.24, 2.45) is 29.4 Å². The Morgan fingerprint density at radius 3 is 2.13 bits per heavy atom. The van der Waals surface area contributed by atoms with E-state index in [1.54, 1.807) is 0 Å². The summed E-state index contributed by atoms with van der Waals surface area (Å²) in [4.78, 5) is 0. The Hall–Kier alpha value is -0.340. The summed E-state index contributed by atoms with van der Waals surface area (Å²) in [5.74, 6) is 3.46. The molecule has 2 nitrogen and oxygen atoms in total. The molecular weight excluding hydrogens is 282 g/mol. The third-order valence-corrected chi connectivity index (χ3v) is 7.01. The monoisotopic (exact) mass is 319 g/mol. The first-order valence-corrected chi connectivity index (χ1v) is 10.2. The number of hydrogen-bond donors (Lipinski definition) is 1. The first-order chi connectivity index (χ1) is 11.2. The predicted octanol–water partition coefficient (Wildman–Crippen LogP) is 5.07. The molecule has 3 fully saturated rings. The van der Waals surface area contributed by atoms with Gasteiger partial charge in [0.2, 0.25) is 0 Å². The fourth-order valence-corrected chi connectivity index (χ4v) is 5.18. The highest BCUT2D eigenvalue weighted by molar-refractivity contribution is 4.85. The van der Waals surface area contributed by atoms with Gasteiger partial charge in [-0.1, -0.05) is 6.08 Å². The average Bonchev–Trinajstić information content (AvgIpc) is 2.61. The van der Waals surface area contributed by atoms with Crippen LogP contribution in [0, 0.1) is 23.7 Å². The maximum absolute atomic E-state index is 6.26. The highest BCUT2D eigenvalue weighted by Crippen LogP contribution is 2.37. The molecular formula is C21H37NO. The molecule has 2 heteroatoms. The third kappa shape index (κ3) is 5.06. The minimum absolute atomic E-state index is 0.472. The van der Waals surface area contributed by atoms with Crippen molar-refractivity contribution in [1.29, 1.82) is 0 Å². The van der Waals surface area contributed by atoms with Gasteiger partial charge < -0.3 is 10.5 Å². The highest BCUT2D eigenvalue weighted by atomic mass is 16.5. The number of rotatable bonds is 5. The van der Waals surface area contributed by atoms with Gasteiger partial charge in [0.15, 0.2) is 0 Å². The van der Waals surface area contributed by atoms with Crippen LogP contribution in [0.4, 0.5) is 0 Å². The van der Waals surface area contributed by atoms with Crippen LogP contribution in [0.2, 0.25) is 0 Å². The van der Waals surface area contributed by atoms with Gasteiger partial charge in [-0.25, -0.2) is 0 Å². The van der Waals surface area contributed by atoms with Gasteiger partial charge in [-0.2, -0.15) is 0 Å². The molecule has 1 heterocycles. The topological polar surface area (TPSA) is 35.2 Å². The van der Waals surface area contributed by atoms with E-state index in [1.165, 1.54) is 77.0 Å². The van der Waals surface area contributed by atoms with E-state index in [4.69, 9.17) is 10.5 Å². The number of ether oxygens (including phenoxy) is 1. The minimum Gasteiger partial charge on any atom is -0.378 e. The predicted molar refractivity (Wildman–Crippen MR) is 97.3 cm³/mol. The van der Waals surface area contributed by atoms with Crippen LogP contribution in [0.1, 0.15) is 77.0 Å². The molecule has 0 radical (unpaired) electrons. The van der Waals surface area contributed by atoms with Crippen molar-refractivity contribution in [3.63, 3.8) is 0 Å². The molecule has 23 heavy (non-hydrogen) atoms. The lowest BCUT2D eigenvalue weighted by Gasteiger charge is -2.37. The first-order valence-electron chi connectivity index (χ1n) is 10.2. The fourth-order valence-electron chi connectivity index (χ4n) is 5.18. The molecule has 1 saturated heterocycles. The van der Waals surface area contributed by atoms with Gasteiger partial charge in [0, 0.05) is 6.04 Å². The molecule has 0 aromatic rings. The lowest BCUT2D eigenvalue weighted by Crippen LogP contribution is -2.35. The molecule has 2 saturated carbocycles. The summed E-state index contributed by atoms with van der Waals surface area (Å²) in [7, 11) is 0. The maximum Gasteiger partial charge on any atom is 0.0575 e. The third-order valence-electron chi connectivity index (χ3n) is 7.01. The summed E-state index contributed by atoms with van der Waals surface area (Å²) < 4.78 is 6.26. The lowest BCUT2D eigenvalue weighted by molar-refractivity contribution is -0.0434. The first kappa shape index (κ1) is 17.5. The van der Waals surface area contributed by atoms with E-state index in [0.29, 0.717) is 12.1 Å². The van der Waals surface area contributed by atoms with Crippen molar-refractivity contribution in [2.75, 3.05) is 6.61 Å². The largest absolute Gasteiger partial charge is 0.378 e. The summed E-state index contributed by atoms with van der Waals surface area (Å²) in [5, 5.41) is 0. The summed E-state index contributed by atoms with van der Waals surface area (Å²) in [5.41, 5.74) is 6.04. The molecule has 132 valence electrons. The van der Waals surface area contributed by atoms with E-state index in [0.717, 1.165) is 30.3 Å². The normalized spacial score (nSPS) is 42.3. The molecule has 1 aliphatic heterocycles. The highest BCUT2D eigenvalue weighted by Gasteiger charge is 2.31. The number of nitrogens with two attached hydrogens (primary N) is 1. The summed E-state index contributed by atoms with van der Waals surface area (Å²) >= 11 is 0. The quantitative estimate of drug-likeness (QED) is 0.718. The van der Waals surface area contributed by atoms with Gasteiger partial charge in [-0.3, -0.25) is 0 Å². The standard InChI is InChI=1S/C21H37NO/c1-2-16-3-5-17(6-4-16)7-13-21-14-10-19(15-23-21)18-8-11-20(22)12-9-18/h2,16-21H,1,3-15,22H2. The van der Waals surface area contributed by atoms with E-state index in [2.05, 4.69) is 12.7 Å². The molecule has 2 unspecified atom stereocenters. The van der Waals surface area contributed by atoms with Gasteiger partial charge >= 0.3 is 0 Å². The summed E-state index contributed by atoms with van der Waals surface area (Å²) in [6, 6.07) is 0.472. The Bertz CT molecular complexity index is 345. The molecule has 2 aliphatic carbocycles. The molecule has 0 aromatic carbocycles. The van der Waals surface area contributed by atoms with Crippen LogP contribution in [0.15, 0.2) is 12.7 Å². The minimum atomic E-state index is 0.472. The van der Waals surface area contributed by atoms with Crippen LogP contribution in [-0.2, 0) is 4.74 Å². The zero-order chi connectivity index (χ0) is 16.1. The number of hydrogen-bond acceptors (Lipinski definition) is 2. The van der Waals surface area contributed by atoms with Gasteiger partial charge in [0.25, 0.3) is 0 Å². The second-order valence-corrected chi connectivity index (χ2v) is 8.56. The smallest absolute Gasteiger partial charge is 0.0575 e. The Morgan fingerprint density at radius 2 is 1.52 bits per heavy atom. The summed E-state index contributed by atoms with van der Waals surface area (Å²) in [6.45, 7) is 4.97. The van der Waals surface area contributed by atoms with Crippen molar-refractivity contribution in [3.05, 3.63) is 12.7 Å². The van der Waals surface area contributed by atoms with Crippen molar-refractivity contribution in [2.45, 2.75) is 89.2 Å². The van der Waals surface area contributed by atoms with E-state index in [1.807, 2.05) is 0 Å². The maximum atomic E-state index is 6.26. The van der Waals surface area contributed by atoms with Gasteiger partial charge in [0.05, 0.1) is 12.7 Å². The van der Waals surface area contributed by atoms with Crippen LogP contribution in [-0.4, -0.2) is 18.8 Å². The summed E-state index contributed by atoms with van der Waals surface area (Å²) in [6.07, 6.45) is 18.8. The van der Waals surface area contributed by atoms with Gasteiger partial charge in [-0.15, -0.1) is 6.58 Å². The van der Waals surface area contributed by atoms with Crippen LogP contribution in [0.3, 0.4) is 0 Å². The Balaban J connectivity index is 1.31. The fraction of sp³-hybridized carbons (Fsp3) is 0.905. The van der Waals surface area contributed by atoms with Crippen molar-refractivity contribution >= 4 is 0 Å². The second-order valence-electron chi connectivity index (χ2n) is 8.56. The van der Waals surface area contributed by atoms with E-state index in [-0.39, 0.29) is 0 Å². The van der Waals surface area contributed by atoms with E-state index < -0.39 is 0 Å². The van der Waals surface area contributed by atoms with Crippen molar-refractivity contribution in [3.8, 4) is 0 Å². The molecule has 2 atom stereocenters. The molecule has 0 amide bonds. The second kappa shape index (κ2) is 8.67. The lowest BCUT2D eigenvalue weighted by atomic mass is 9.75. The van der Waals surface area contributed by atoms with Crippen molar-refractivity contribution < 1.29 is 4.74 Å². The van der Waals surface area contributed by atoms with Gasteiger partial charge in [-0.05, 0) is 101 Å². The average molecular weight is 320 g/mol. The van der Waals surface area contributed by atoms with Crippen LogP contribution in [0.25, 0.3) is 0 Å². The zero-order valence-corrected chi connectivity index (χ0v) is 14.9. The van der Waals surface area contributed by atoms with E-state index >= 15 is 0 Å². The van der Waals surface area contributed by atoms with Crippen LogP contribution >= 0.6 is 0 Å². The van der Waals surface area contributed by atoms with Crippen LogP contribution in [0.5, 0.6) is 0 Å². The number of allylic oxidation sites excluding steroid dienone is 1. The molecule has 3 rings (SSSR count). The molecule has 0 spiro atoms. The molecule has 2 N–H and O–H groups in total. The zero-order valence-electron chi connectivity index (χ0n) is 14.9. The van der Waals surface area contributed by atoms with E-state index in [9.17, 15) is 0 Å². The van der Waals surface area contributed by atoms with Crippen molar-refractivity contribution in [1.82, 2.24) is 0 Å². The van der Waals surface area contributed by atoms with Gasteiger partial charge in [0.1, 0.15) is 0 Å². The van der Waals surface area contributed by atoms with Crippen LogP contribution < -0.4 is 5.73 Å². The Morgan fingerprint density at radius 1 is 0.826 bits per heavy atom. The SMILES string of the molecule is C=CC1CCC(CCC2CCC(C3CCC(N)CC3)CO2)CC1. The molecule has 3 aliphatic rings. The molecule has 0 aromatic heterocycles. The Labute approximate surface area is 143 Å².